The molecule has 0 bridgehead atoms. The summed E-state index contributed by atoms with van der Waals surface area (Å²) in [7, 11) is -7.67. The molecule has 0 aliphatic heterocycles. The zero-order valence-corrected chi connectivity index (χ0v) is 24.0. The Morgan fingerprint density at radius 1 is 0.659 bits per heavy atom. The maximum atomic E-state index is 13.3. The number of allylic oxidation sites excluding steroid dienone is 1. The Hall–Kier alpha value is -4.28. The quantitative estimate of drug-likeness (QED) is 0.144. The maximum absolute atomic E-state index is 13.3. The lowest BCUT2D eigenvalue weighted by atomic mass is 10.3. The number of phenols is 1. The van der Waals surface area contributed by atoms with Gasteiger partial charge in [-0.2, -0.15) is 0 Å². The highest BCUT2D eigenvalue weighted by Crippen LogP contribution is 2.31. The summed E-state index contributed by atoms with van der Waals surface area (Å²) in [6.45, 7) is 6.01. The molecular weight excluding hydrogens is 564 g/mol. The molecule has 4 rings (SSSR count). The summed E-state index contributed by atoms with van der Waals surface area (Å²) < 4.78 is 69.0. The zero-order valence-electron chi connectivity index (χ0n) is 22.4. The number of ether oxygens (including phenoxy) is 3. The summed E-state index contributed by atoms with van der Waals surface area (Å²) in [5, 5.41) is 9.91. The predicted octanol–water partition coefficient (Wildman–Crippen LogP) is 6.21. The molecule has 4 aromatic carbocycles. The molecule has 0 aromatic heterocycles. The van der Waals surface area contributed by atoms with Crippen molar-refractivity contribution < 1.29 is 36.2 Å². The molecule has 41 heavy (non-hydrogen) atoms. The van der Waals surface area contributed by atoms with Crippen LogP contribution in [0, 0.1) is 0 Å². The molecule has 0 saturated heterocycles. The molecule has 0 aliphatic rings. The Kier molecular flexibility index (Phi) is 9.36. The van der Waals surface area contributed by atoms with Gasteiger partial charge in [-0.25, -0.2) is 16.8 Å². The summed E-state index contributed by atoms with van der Waals surface area (Å²) in [4.78, 5) is 0.0812. The van der Waals surface area contributed by atoms with Gasteiger partial charge >= 0.3 is 0 Å². The van der Waals surface area contributed by atoms with Crippen LogP contribution in [-0.4, -0.2) is 35.2 Å². The molecule has 4 aromatic rings. The number of para-hydroxylation sites is 2. The van der Waals surface area contributed by atoms with E-state index in [2.05, 4.69) is 6.58 Å². The van der Waals surface area contributed by atoms with Crippen LogP contribution in [0.4, 0.5) is 0 Å². The van der Waals surface area contributed by atoms with Gasteiger partial charge in [-0.3, -0.25) is 0 Å². The van der Waals surface area contributed by atoms with E-state index < -0.39 is 19.7 Å². The van der Waals surface area contributed by atoms with Crippen LogP contribution in [0.3, 0.4) is 0 Å². The van der Waals surface area contributed by atoms with Gasteiger partial charge in [0.25, 0.3) is 0 Å². The van der Waals surface area contributed by atoms with Crippen molar-refractivity contribution in [3.05, 3.63) is 109 Å². The van der Waals surface area contributed by atoms with Crippen LogP contribution >= 0.6 is 0 Å². The van der Waals surface area contributed by atoms with Crippen LogP contribution in [0.2, 0.25) is 0 Å². The van der Waals surface area contributed by atoms with Crippen molar-refractivity contribution in [2.45, 2.75) is 39.3 Å². The molecule has 214 valence electrons. The monoisotopic (exact) mass is 594 g/mol. The molecule has 0 amide bonds. The van der Waals surface area contributed by atoms with Crippen molar-refractivity contribution >= 4 is 19.7 Å². The Morgan fingerprint density at radius 2 is 1.15 bits per heavy atom. The van der Waals surface area contributed by atoms with E-state index in [9.17, 15) is 21.9 Å². The van der Waals surface area contributed by atoms with E-state index in [1.54, 1.807) is 61.5 Å². The van der Waals surface area contributed by atoms with E-state index in [-0.39, 0.29) is 37.7 Å². The molecule has 0 radical (unpaired) electrons. The maximum Gasteiger partial charge on any atom is 0.210 e. The third-order valence-electron chi connectivity index (χ3n) is 5.92. The van der Waals surface area contributed by atoms with Gasteiger partial charge in [0.1, 0.15) is 32.8 Å². The second-order valence-corrected chi connectivity index (χ2v) is 12.9. The van der Waals surface area contributed by atoms with E-state index in [0.717, 1.165) is 0 Å². The minimum atomic E-state index is -3.86. The molecule has 0 heterocycles. The average Bonchev–Trinajstić information content (AvgIpc) is 2.95. The smallest absolute Gasteiger partial charge is 0.210 e. The number of hydrogen-bond acceptors (Lipinski definition) is 8. The van der Waals surface area contributed by atoms with Gasteiger partial charge in [-0.1, -0.05) is 30.8 Å². The first-order chi connectivity index (χ1) is 19.6. The topological polar surface area (TPSA) is 116 Å². The van der Waals surface area contributed by atoms with Crippen molar-refractivity contribution in [1.82, 2.24) is 0 Å². The normalized spacial score (nSPS) is 11.5. The first-order valence-corrected chi connectivity index (χ1v) is 15.7. The van der Waals surface area contributed by atoms with Crippen molar-refractivity contribution in [3.8, 4) is 23.0 Å². The number of sulfone groups is 2. The highest BCUT2D eigenvalue weighted by molar-refractivity contribution is 7.92. The van der Waals surface area contributed by atoms with E-state index in [1.807, 2.05) is 0 Å². The Balaban J connectivity index is 1.29. The third kappa shape index (κ3) is 7.27. The highest BCUT2D eigenvalue weighted by Gasteiger charge is 2.23. The molecule has 0 atom stereocenters. The fourth-order valence-corrected chi connectivity index (χ4v) is 6.66. The van der Waals surface area contributed by atoms with Crippen molar-refractivity contribution in [2.24, 2.45) is 0 Å². The van der Waals surface area contributed by atoms with Crippen molar-refractivity contribution in [1.29, 1.82) is 0 Å². The summed E-state index contributed by atoms with van der Waals surface area (Å²) in [6.07, 6.45) is 1.22. The average molecular weight is 595 g/mol. The van der Waals surface area contributed by atoms with Crippen LogP contribution in [0.1, 0.15) is 19.8 Å². The van der Waals surface area contributed by atoms with E-state index >= 15 is 0 Å². The first-order valence-electron chi connectivity index (χ1n) is 12.8. The molecule has 8 nitrogen and oxygen atoms in total. The Morgan fingerprint density at radius 3 is 1.73 bits per heavy atom. The molecule has 0 fully saturated rings. The summed E-state index contributed by atoms with van der Waals surface area (Å²) >= 11 is 0. The Bertz CT molecular complexity index is 1710. The van der Waals surface area contributed by atoms with E-state index in [0.29, 0.717) is 36.7 Å². The second-order valence-electron chi connectivity index (χ2n) is 9.07. The second kappa shape index (κ2) is 12.9. The fourth-order valence-electron chi connectivity index (χ4n) is 3.91. The predicted molar refractivity (Wildman–Crippen MR) is 154 cm³/mol. The van der Waals surface area contributed by atoms with Gasteiger partial charge in [-0.05, 0) is 92.6 Å². The highest BCUT2D eigenvalue weighted by atomic mass is 32.2. The lowest BCUT2D eigenvalue weighted by molar-refractivity contribution is 0.263. The van der Waals surface area contributed by atoms with Gasteiger partial charge in [-0.15, -0.1) is 0 Å². The van der Waals surface area contributed by atoms with Crippen LogP contribution in [-0.2, 0) is 19.7 Å². The lowest BCUT2D eigenvalue weighted by Gasteiger charge is -2.13. The summed E-state index contributed by atoms with van der Waals surface area (Å²) in [6, 6.07) is 24.3. The molecule has 0 aliphatic carbocycles. The van der Waals surface area contributed by atoms with E-state index in [4.69, 9.17) is 14.2 Å². The van der Waals surface area contributed by atoms with Crippen LogP contribution in [0.5, 0.6) is 23.0 Å². The summed E-state index contributed by atoms with van der Waals surface area (Å²) in [5.74, 6) is 1.45. The van der Waals surface area contributed by atoms with Crippen LogP contribution in [0.15, 0.2) is 129 Å². The number of aromatic hydroxyl groups is 1. The van der Waals surface area contributed by atoms with Gasteiger partial charge in [0, 0.05) is 0 Å². The number of unbranched alkanes of at least 4 members (excludes halogenated alkanes) is 1. The minimum absolute atomic E-state index is 0.0458. The molecular formula is C31H30O8S2. The van der Waals surface area contributed by atoms with Crippen LogP contribution in [0.25, 0.3) is 0 Å². The van der Waals surface area contributed by atoms with Gasteiger partial charge < -0.3 is 19.3 Å². The SMILES string of the molecule is C=C(C)Oc1ccc(S(=O)(=O)c2ccccc2OCCCCOc2ccc(S(=O)(=O)c3ccccc3O)cc2)cc1. The lowest BCUT2D eigenvalue weighted by Crippen LogP contribution is -2.07. The Labute approximate surface area is 240 Å². The largest absolute Gasteiger partial charge is 0.507 e. The first kappa shape index (κ1) is 29.7. The molecule has 0 unspecified atom stereocenters. The number of hydrogen-bond donors (Lipinski definition) is 1. The fraction of sp³-hybridized carbons (Fsp3) is 0.161. The molecule has 10 heteroatoms. The zero-order chi connectivity index (χ0) is 29.5. The van der Waals surface area contributed by atoms with Gasteiger partial charge in [0.15, 0.2) is 0 Å². The van der Waals surface area contributed by atoms with Crippen molar-refractivity contribution in [3.63, 3.8) is 0 Å². The van der Waals surface area contributed by atoms with E-state index in [1.165, 1.54) is 42.5 Å². The van der Waals surface area contributed by atoms with Gasteiger partial charge in [0.05, 0.1) is 28.8 Å². The minimum Gasteiger partial charge on any atom is -0.507 e. The van der Waals surface area contributed by atoms with Gasteiger partial charge in [0.2, 0.25) is 19.7 Å². The van der Waals surface area contributed by atoms with Crippen molar-refractivity contribution in [2.75, 3.05) is 13.2 Å². The molecule has 1 N–H and O–H groups in total. The van der Waals surface area contributed by atoms with Crippen LogP contribution < -0.4 is 14.2 Å². The number of rotatable bonds is 13. The number of phenolic OH excluding ortho intramolecular Hbond substituents is 1. The molecule has 0 saturated carbocycles. The third-order valence-corrected chi connectivity index (χ3v) is 9.54. The number of benzene rings is 4. The standard InChI is InChI=1S/C31H30O8S2/c1-23(2)39-25-15-19-27(20-16-25)41(35,36)31-12-6-4-10-29(31)38-22-8-7-21-37-24-13-17-26(18-14-24)40(33,34)30-11-5-3-9-28(30)32/h3-6,9-20,32H,1,7-8,21-22H2,2H3. The summed E-state index contributed by atoms with van der Waals surface area (Å²) in [5.41, 5.74) is 0. The molecule has 0 spiro atoms.